The van der Waals surface area contributed by atoms with Gasteiger partial charge in [-0.3, -0.25) is 0 Å². The lowest BCUT2D eigenvalue weighted by Gasteiger charge is -2.04. The molecule has 0 saturated carbocycles. The first-order chi connectivity index (χ1) is 9.31. The molecule has 0 atom stereocenters. The average molecular weight is 205 g/mol. The van der Waals surface area contributed by atoms with E-state index >= 15 is 0 Å². The van der Waals surface area contributed by atoms with Gasteiger partial charge in [0.2, 0.25) is 0 Å². The van der Waals surface area contributed by atoms with Crippen LogP contribution in [0.15, 0.2) is 12.1 Å². The molecule has 0 fully saturated rings. The number of hydrogen-bond donors (Lipinski definition) is 3. The van der Waals surface area contributed by atoms with Gasteiger partial charge in [-0.2, -0.15) is 0 Å². The van der Waals surface area contributed by atoms with E-state index < -0.39 is 54.3 Å². The second-order valence-electron chi connectivity index (χ2n) is 2.16. The van der Waals surface area contributed by atoms with E-state index in [0.29, 0.717) is 0 Å². The first-order valence-electron chi connectivity index (χ1n) is 6.78. The van der Waals surface area contributed by atoms with Crippen LogP contribution in [0, 0.1) is 0 Å². The van der Waals surface area contributed by atoms with E-state index in [9.17, 15) is 20.1 Å². The Morgan fingerprint density at radius 1 is 1.57 bits per heavy atom. The molecule has 5 heteroatoms. The number of aromatic hydroxyl groups is 3. The third-order valence-electron chi connectivity index (χ3n) is 1.28. The van der Waals surface area contributed by atoms with Gasteiger partial charge in [0.05, 0.1) is 17.6 Å². The van der Waals surface area contributed by atoms with Crippen molar-refractivity contribution in [3.8, 4) is 17.2 Å². The van der Waals surface area contributed by atoms with Crippen molar-refractivity contribution in [3.63, 3.8) is 0 Å². The molecular formula is C9H10O5. The molecule has 0 aliphatic rings. The summed E-state index contributed by atoms with van der Waals surface area (Å²) < 4.78 is 53.6. The van der Waals surface area contributed by atoms with E-state index in [1.54, 1.807) is 0 Å². The Bertz CT molecular complexity index is 566. The van der Waals surface area contributed by atoms with Crippen molar-refractivity contribution in [1.29, 1.82) is 0 Å². The molecular weight excluding hydrogens is 188 g/mol. The minimum absolute atomic E-state index is 1.09. The minimum Gasteiger partial charge on any atom is -0.504 e. The molecule has 0 aromatic heterocycles. The number of rotatable bonds is 2. The molecule has 0 spiro atoms. The third-order valence-corrected chi connectivity index (χ3v) is 1.28. The van der Waals surface area contributed by atoms with Crippen LogP contribution in [-0.2, 0) is 4.74 Å². The maximum Gasteiger partial charge on any atom is 0.338 e. The average Bonchev–Trinajstić information content (AvgIpc) is 2.32. The van der Waals surface area contributed by atoms with Crippen molar-refractivity contribution < 1.29 is 34.4 Å². The molecule has 0 saturated heterocycles. The lowest BCUT2D eigenvalue weighted by Crippen LogP contribution is -2.04. The number of hydrogen-bond acceptors (Lipinski definition) is 5. The van der Waals surface area contributed by atoms with Crippen LogP contribution in [0.5, 0.6) is 17.2 Å². The monoisotopic (exact) mass is 205 g/mol. The Labute approximate surface area is 90.0 Å². The fourth-order valence-electron chi connectivity index (χ4n) is 0.698. The molecule has 1 rings (SSSR count). The Kier molecular flexibility index (Phi) is 1.13. The highest BCUT2D eigenvalue weighted by molar-refractivity contribution is 5.91. The lowest BCUT2D eigenvalue weighted by atomic mass is 10.2. The van der Waals surface area contributed by atoms with Crippen LogP contribution in [-0.4, -0.2) is 27.8 Å². The Morgan fingerprint density at radius 2 is 2.14 bits per heavy atom. The number of carbonyl (C=O) groups is 1. The molecule has 0 unspecified atom stereocenters. The summed E-state index contributed by atoms with van der Waals surface area (Å²) in [6.45, 7) is -6.74. The molecule has 0 aliphatic heterocycles. The molecule has 14 heavy (non-hydrogen) atoms. The Balaban J connectivity index is 3.34. The van der Waals surface area contributed by atoms with E-state index in [0.717, 1.165) is 0 Å². The summed E-state index contributed by atoms with van der Waals surface area (Å²) in [5.74, 6) is -5.42. The summed E-state index contributed by atoms with van der Waals surface area (Å²) in [5.41, 5.74) is -1.09. The van der Waals surface area contributed by atoms with Gasteiger partial charge in [-0.05, 0) is 18.9 Å². The maximum atomic E-state index is 11.7. The van der Waals surface area contributed by atoms with Gasteiger partial charge in [0.15, 0.2) is 17.2 Å². The molecule has 76 valence electrons. The van der Waals surface area contributed by atoms with Crippen molar-refractivity contribution in [1.82, 2.24) is 0 Å². The van der Waals surface area contributed by atoms with Crippen molar-refractivity contribution in [2.24, 2.45) is 0 Å². The number of esters is 1. The highest BCUT2D eigenvalue weighted by Gasteiger charge is 2.13. The van der Waals surface area contributed by atoms with Crippen LogP contribution >= 0.6 is 0 Å². The van der Waals surface area contributed by atoms with Gasteiger partial charge in [0.25, 0.3) is 0 Å². The normalized spacial score (nSPS) is 19.0. The quantitative estimate of drug-likeness (QED) is 0.495. The third kappa shape index (κ3) is 1.87. The number of ether oxygens (including phenoxy) is 1. The first-order valence-corrected chi connectivity index (χ1v) is 3.28. The molecule has 0 radical (unpaired) electrons. The zero-order valence-corrected chi connectivity index (χ0v) is 6.66. The van der Waals surface area contributed by atoms with Gasteiger partial charge in [0.1, 0.15) is 0 Å². The van der Waals surface area contributed by atoms with Crippen LogP contribution in [0.1, 0.15) is 26.8 Å². The van der Waals surface area contributed by atoms with Gasteiger partial charge in [0, 0.05) is 4.11 Å². The van der Waals surface area contributed by atoms with Gasteiger partial charge in [-0.25, -0.2) is 4.79 Å². The SMILES string of the molecule is [2H]c1c(O)c(O)c(O)c([2H])c1C(=O)OC([2H])([2H])C([2H])([2H])[2H]. The number of phenolic OH excluding ortho intramolecular Hbond substituents is 3. The Hall–Kier alpha value is -1.91. The molecule has 1 aromatic carbocycles. The zero-order valence-electron chi connectivity index (χ0n) is 13.7. The summed E-state index contributed by atoms with van der Waals surface area (Å²) in [4.78, 5) is 11.7. The molecule has 3 N–H and O–H groups in total. The van der Waals surface area contributed by atoms with Crippen LogP contribution in [0.4, 0.5) is 0 Å². The molecule has 0 bridgehead atoms. The van der Waals surface area contributed by atoms with Gasteiger partial charge in [-0.1, -0.05) is 0 Å². The second kappa shape index (κ2) is 3.87. The van der Waals surface area contributed by atoms with E-state index in [1.165, 1.54) is 0 Å². The van der Waals surface area contributed by atoms with Crippen LogP contribution in [0.2, 0.25) is 0 Å². The molecule has 0 amide bonds. The van der Waals surface area contributed by atoms with Crippen LogP contribution in [0.3, 0.4) is 0 Å². The fourth-order valence-corrected chi connectivity index (χ4v) is 0.698. The molecule has 0 heterocycles. The summed E-state index contributed by atoms with van der Waals surface area (Å²) >= 11 is 0. The Morgan fingerprint density at radius 3 is 2.64 bits per heavy atom. The largest absolute Gasteiger partial charge is 0.504 e. The van der Waals surface area contributed by atoms with Crippen LogP contribution in [0.25, 0.3) is 0 Å². The van der Waals surface area contributed by atoms with Crippen molar-refractivity contribution in [2.75, 3.05) is 6.56 Å². The minimum atomic E-state index is -3.41. The second-order valence-corrected chi connectivity index (χ2v) is 2.16. The fraction of sp³-hybridized carbons (Fsp3) is 0.222. The summed E-state index contributed by atoms with van der Waals surface area (Å²) in [5, 5.41) is 27.8. The molecule has 0 aliphatic carbocycles. The zero-order chi connectivity index (χ0) is 16.7. The summed E-state index contributed by atoms with van der Waals surface area (Å²) in [7, 11) is 0. The highest BCUT2D eigenvalue weighted by atomic mass is 16.5. The van der Waals surface area contributed by atoms with E-state index in [2.05, 4.69) is 4.74 Å². The van der Waals surface area contributed by atoms with E-state index in [-0.39, 0.29) is 0 Å². The van der Waals surface area contributed by atoms with Gasteiger partial charge >= 0.3 is 5.97 Å². The number of phenols is 3. The van der Waals surface area contributed by atoms with Crippen molar-refractivity contribution >= 4 is 5.97 Å². The number of carbonyl (C=O) groups excluding carboxylic acids is 1. The van der Waals surface area contributed by atoms with Crippen molar-refractivity contribution in [3.05, 3.63) is 17.6 Å². The van der Waals surface area contributed by atoms with Gasteiger partial charge in [-0.15, -0.1) is 0 Å². The summed E-state index contributed by atoms with van der Waals surface area (Å²) in [6, 6.07) is -2.22. The topological polar surface area (TPSA) is 87.0 Å². The number of benzene rings is 1. The van der Waals surface area contributed by atoms with E-state index in [4.69, 9.17) is 9.60 Å². The molecule has 1 aromatic rings. The smallest absolute Gasteiger partial charge is 0.338 e. The van der Waals surface area contributed by atoms with Crippen molar-refractivity contribution in [2.45, 2.75) is 6.85 Å². The lowest BCUT2D eigenvalue weighted by molar-refractivity contribution is 0.0525. The highest BCUT2D eigenvalue weighted by Crippen LogP contribution is 2.35. The predicted molar refractivity (Wildman–Crippen MR) is 47.4 cm³/mol. The van der Waals surface area contributed by atoms with E-state index in [1.807, 2.05) is 0 Å². The standard InChI is InChI=1S/C9H10O5/c1-2-14-9(13)5-3-6(10)8(12)7(11)4-5/h3-4,10-12H,2H2,1H3/i1D3,2D2,3D,4D. The molecule has 5 nitrogen and oxygen atoms in total. The van der Waals surface area contributed by atoms with Gasteiger partial charge < -0.3 is 20.1 Å². The first kappa shape index (κ1) is 4.08. The summed E-state index contributed by atoms with van der Waals surface area (Å²) in [6.07, 6.45) is 0. The van der Waals surface area contributed by atoms with Crippen LogP contribution < -0.4 is 0 Å². The predicted octanol–water partition coefficient (Wildman–Crippen LogP) is 0.980. The maximum absolute atomic E-state index is 11.7.